The van der Waals surface area contributed by atoms with Crippen LogP contribution in [0.2, 0.25) is 0 Å². The van der Waals surface area contributed by atoms with Crippen molar-refractivity contribution in [2.75, 3.05) is 14.2 Å². The quantitative estimate of drug-likeness (QED) is 0.273. The van der Waals surface area contributed by atoms with Crippen LogP contribution >= 0.6 is 0 Å². The van der Waals surface area contributed by atoms with Gasteiger partial charge in [-0.3, -0.25) is 9.69 Å². The molecule has 0 radical (unpaired) electrons. The molecule has 5 rings (SSSR count). The molecule has 1 aliphatic carbocycles. The first kappa shape index (κ1) is 26.9. The molecule has 1 fully saturated rings. The molecule has 0 amide bonds. The number of H-pyrrole nitrogens is 1. The monoisotopic (exact) mass is 530 g/mol. The molecule has 1 unspecified atom stereocenters. The molecule has 39 heavy (non-hydrogen) atoms. The summed E-state index contributed by atoms with van der Waals surface area (Å²) >= 11 is 0. The molecular weight excluding hydrogens is 492 g/mol. The lowest BCUT2D eigenvalue weighted by Gasteiger charge is -2.35. The summed E-state index contributed by atoms with van der Waals surface area (Å²) in [5, 5.41) is 13.9. The van der Waals surface area contributed by atoms with Gasteiger partial charge in [-0.1, -0.05) is 56.5 Å². The predicted octanol–water partition coefficient (Wildman–Crippen LogP) is 5.06. The van der Waals surface area contributed by atoms with E-state index in [1.165, 1.54) is 18.4 Å². The molecule has 2 aromatic carbocycles. The highest BCUT2D eigenvalue weighted by Gasteiger charge is 2.33. The molecule has 0 saturated heterocycles. The Morgan fingerprint density at radius 1 is 1.08 bits per heavy atom. The number of ether oxygens (including phenoxy) is 2. The van der Waals surface area contributed by atoms with E-state index >= 15 is 0 Å². The van der Waals surface area contributed by atoms with E-state index in [2.05, 4.69) is 56.6 Å². The Kier molecular flexibility index (Phi) is 8.56. The molecule has 2 heterocycles. The molecule has 4 aromatic rings. The molecule has 0 aliphatic heterocycles. The molecule has 1 aliphatic rings. The summed E-state index contributed by atoms with van der Waals surface area (Å²) in [5.41, 5.74) is 2.62. The normalized spacial score (nSPS) is 14.8. The number of aromatic nitrogens is 5. The molecule has 1 N–H and O–H groups in total. The maximum absolute atomic E-state index is 13.3. The van der Waals surface area contributed by atoms with E-state index in [9.17, 15) is 4.79 Å². The minimum atomic E-state index is -0.0864. The summed E-state index contributed by atoms with van der Waals surface area (Å²) in [7, 11) is 3.21. The molecule has 2 aromatic heterocycles. The summed E-state index contributed by atoms with van der Waals surface area (Å²) < 4.78 is 12.9. The van der Waals surface area contributed by atoms with Crippen LogP contribution in [0.4, 0.5) is 0 Å². The zero-order valence-electron chi connectivity index (χ0n) is 23.1. The zero-order chi connectivity index (χ0) is 27.2. The van der Waals surface area contributed by atoms with Crippen molar-refractivity contribution in [2.24, 2.45) is 0 Å². The van der Waals surface area contributed by atoms with Gasteiger partial charge in [0.2, 0.25) is 0 Å². The maximum Gasteiger partial charge on any atom is 0.252 e. The van der Waals surface area contributed by atoms with Crippen LogP contribution in [0.25, 0.3) is 10.9 Å². The second-order valence-corrected chi connectivity index (χ2v) is 10.3. The number of rotatable bonds is 12. The lowest BCUT2D eigenvalue weighted by Crippen LogP contribution is -2.39. The molecule has 0 bridgehead atoms. The smallest absolute Gasteiger partial charge is 0.252 e. The van der Waals surface area contributed by atoms with Gasteiger partial charge in [-0.05, 0) is 53.8 Å². The van der Waals surface area contributed by atoms with Crippen molar-refractivity contribution >= 4 is 10.9 Å². The number of hydrogen-bond acceptors (Lipinski definition) is 7. The highest BCUT2D eigenvalue weighted by atomic mass is 16.5. The van der Waals surface area contributed by atoms with Crippen LogP contribution in [0.15, 0.2) is 53.3 Å². The fourth-order valence-electron chi connectivity index (χ4n) is 5.83. The number of aromatic amines is 1. The first-order valence-electron chi connectivity index (χ1n) is 13.9. The van der Waals surface area contributed by atoms with Crippen LogP contribution in [-0.2, 0) is 19.5 Å². The number of pyridine rings is 1. The molecule has 9 heteroatoms. The SMILES string of the molecule is CCCC(c1nnnn1CCc1ccccc1)N(Cc1cc2cc(OC)c(OC)cc2[nH]c1=O)C1CCCC1. The summed E-state index contributed by atoms with van der Waals surface area (Å²) in [6.07, 6.45) is 7.39. The second kappa shape index (κ2) is 12.4. The Morgan fingerprint density at radius 2 is 1.82 bits per heavy atom. The van der Waals surface area contributed by atoms with Crippen molar-refractivity contribution in [2.45, 2.75) is 77.0 Å². The first-order chi connectivity index (χ1) is 19.1. The van der Waals surface area contributed by atoms with Crippen molar-refractivity contribution in [1.82, 2.24) is 30.1 Å². The summed E-state index contributed by atoms with van der Waals surface area (Å²) in [5.74, 6) is 2.10. The van der Waals surface area contributed by atoms with Crippen LogP contribution in [0.1, 0.15) is 68.4 Å². The van der Waals surface area contributed by atoms with E-state index in [0.29, 0.717) is 30.6 Å². The van der Waals surface area contributed by atoms with Gasteiger partial charge in [0.25, 0.3) is 5.56 Å². The third-order valence-corrected chi connectivity index (χ3v) is 7.85. The number of benzene rings is 2. The van der Waals surface area contributed by atoms with Crippen molar-refractivity contribution in [3.05, 3.63) is 75.8 Å². The van der Waals surface area contributed by atoms with Gasteiger partial charge in [0.05, 0.1) is 25.8 Å². The van der Waals surface area contributed by atoms with Crippen molar-refractivity contribution in [3.63, 3.8) is 0 Å². The fourth-order valence-corrected chi connectivity index (χ4v) is 5.83. The van der Waals surface area contributed by atoms with Gasteiger partial charge in [0.1, 0.15) is 0 Å². The highest BCUT2D eigenvalue weighted by molar-refractivity contribution is 5.83. The summed E-state index contributed by atoms with van der Waals surface area (Å²) in [6, 6.07) is 16.5. The molecular formula is C30H38N6O3. The molecule has 1 saturated carbocycles. The summed E-state index contributed by atoms with van der Waals surface area (Å²) in [6.45, 7) is 3.43. The minimum absolute atomic E-state index is 0.0179. The largest absolute Gasteiger partial charge is 0.493 e. The average molecular weight is 531 g/mol. The molecule has 9 nitrogen and oxygen atoms in total. The van der Waals surface area contributed by atoms with E-state index in [-0.39, 0.29) is 11.6 Å². The maximum atomic E-state index is 13.3. The number of nitrogens with one attached hydrogen (secondary N) is 1. The minimum Gasteiger partial charge on any atom is -0.493 e. The highest BCUT2D eigenvalue weighted by Crippen LogP contribution is 2.35. The standard InChI is InChI=1S/C30H38N6O3/c1-4-10-26(29-32-33-34-36(29)16-15-21-11-6-5-7-12-21)35(24-13-8-9-14-24)20-23-17-22-18-27(38-2)28(39-3)19-25(22)31-30(23)37/h5-7,11-12,17-19,24,26H,4,8-10,13-16,20H2,1-3H3,(H,31,37). The number of aryl methyl sites for hydroxylation is 2. The van der Waals surface area contributed by atoms with Crippen LogP contribution < -0.4 is 15.0 Å². The van der Waals surface area contributed by atoms with E-state index in [1.807, 2.05) is 28.9 Å². The Morgan fingerprint density at radius 3 is 2.54 bits per heavy atom. The van der Waals surface area contributed by atoms with Crippen molar-refractivity contribution in [1.29, 1.82) is 0 Å². The van der Waals surface area contributed by atoms with Gasteiger partial charge in [-0.25, -0.2) is 4.68 Å². The number of nitrogens with zero attached hydrogens (tertiary/aromatic N) is 5. The molecule has 1 atom stereocenters. The van der Waals surface area contributed by atoms with Crippen LogP contribution in [0.3, 0.4) is 0 Å². The first-order valence-corrected chi connectivity index (χ1v) is 13.9. The van der Waals surface area contributed by atoms with Gasteiger partial charge in [-0.15, -0.1) is 5.10 Å². The van der Waals surface area contributed by atoms with Gasteiger partial charge in [0.15, 0.2) is 17.3 Å². The van der Waals surface area contributed by atoms with E-state index < -0.39 is 0 Å². The van der Waals surface area contributed by atoms with Gasteiger partial charge >= 0.3 is 0 Å². The Hall–Kier alpha value is -3.72. The molecule has 206 valence electrons. The van der Waals surface area contributed by atoms with Crippen molar-refractivity contribution in [3.8, 4) is 11.5 Å². The van der Waals surface area contributed by atoms with Crippen LogP contribution in [0, 0.1) is 0 Å². The van der Waals surface area contributed by atoms with Crippen LogP contribution in [0.5, 0.6) is 11.5 Å². The van der Waals surface area contributed by atoms with Gasteiger partial charge in [0, 0.05) is 36.1 Å². The number of fused-ring (bicyclic) bond motifs is 1. The van der Waals surface area contributed by atoms with E-state index in [1.54, 1.807) is 14.2 Å². The van der Waals surface area contributed by atoms with Crippen LogP contribution in [-0.4, -0.2) is 50.4 Å². The average Bonchev–Trinajstić information content (AvgIpc) is 3.66. The Labute approximate surface area is 229 Å². The second-order valence-electron chi connectivity index (χ2n) is 10.3. The predicted molar refractivity (Wildman–Crippen MR) is 151 cm³/mol. The van der Waals surface area contributed by atoms with E-state index in [4.69, 9.17) is 9.47 Å². The van der Waals surface area contributed by atoms with Crippen molar-refractivity contribution < 1.29 is 9.47 Å². The lowest BCUT2D eigenvalue weighted by molar-refractivity contribution is 0.108. The number of methoxy groups -OCH3 is 2. The zero-order valence-corrected chi connectivity index (χ0v) is 23.1. The van der Waals surface area contributed by atoms with Gasteiger partial charge < -0.3 is 14.5 Å². The number of hydrogen-bond donors (Lipinski definition) is 1. The summed E-state index contributed by atoms with van der Waals surface area (Å²) in [4.78, 5) is 18.9. The number of tetrazole rings is 1. The third-order valence-electron chi connectivity index (χ3n) is 7.85. The third kappa shape index (κ3) is 5.98. The Bertz CT molecular complexity index is 1430. The fraction of sp³-hybridized carbons (Fsp3) is 0.467. The molecule has 0 spiro atoms. The lowest BCUT2D eigenvalue weighted by atomic mass is 10.0. The van der Waals surface area contributed by atoms with Gasteiger partial charge in [-0.2, -0.15) is 0 Å². The topological polar surface area (TPSA) is 98.2 Å². The Balaban J connectivity index is 1.48. The van der Waals surface area contributed by atoms with E-state index in [0.717, 1.165) is 54.4 Å².